The lowest BCUT2D eigenvalue weighted by Crippen LogP contribution is -2.17. The zero-order valence-electron chi connectivity index (χ0n) is 6.38. The minimum Gasteiger partial charge on any atom is -0.348 e. The van der Waals surface area contributed by atoms with Crippen molar-refractivity contribution in [3.8, 4) is 0 Å². The summed E-state index contributed by atoms with van der Waals surface area (Å²) < 4.78 is 0. The molecule has 0 saturated carbocycles. The van der Waals surface area contributed by atoms with Crippen molar-refractivity contribution in [3.63, 3.8) is 0 Å². The Hall–Kier alpha value is -1.48. The van der Waals surface area contributed by atoms with Crippen molar-refractivity contribution in [1.82, 2.24) is 0 Å². The van der Waals surface area contributed by atoms with Crippen LogP contribution in [-0.2, 0) is 5.85 Å². The van der Waals surface area contributed by atoms with Gasteiger partial charge in [0.25, 0.3) is 5.85 Å². The highest BCUT2D eigenvalue weighted by Crippen LogP contribution is 2.25. The van der Waals surface area contributed by atoms with E-state index < -0.39 is 5.85 Å². The summed E-state index contributed by atoms with van der Waals surface area (Å²) >= 11 is 0. The zero-order valence-corrected chi connectivity index (χ0v) is 6.38. The molecule has 2 rings (SSSR count). The number of nitrogens with zero attached hydrogens (tertiary/aromatic N) is 2. The van der Waals surface area contributed by atoms with E-state index in [1.807, 2.05) is 18.2 Å². The molecule has 1 aromatic carbocycles. The molecule has 0 spiro atoms. The number of benzene rings is 1. The predicted molar refractivity (Wildman–Crippen MR) is 47.3 cm³/mol. The van der Waals surface area contributed by atoms with E-state index in [0.29, 0.717) is 5.56 Å². The molecule has 0 bridgehead atoms. The monoisotopic (exact) mass is 160 g/mol. The molecule has 0 radical (unpaired) electrons. The van der Waals surface area contributed by atoms with Gasteiger partial charge in [-0.3, -0.25) is 0 Å². The molecule has 0 saturated heterocycles. The summed E-state index contributed by atoms with van der Waals surface area (Å²) in [6, 6.07) is 9.16. The summed E-state index contributed by atoms with van der Waals surface area (Å²) in [7, 11) is 0. The molecular weight excluding hydrogens is 152 g/mol. The molecule has 1 N–H and O–H groups in total. The molecule has 1 aliphatic rings. The fraction of sp³-hybridized carbons (Fsp3) is 0.111. The second-order valence-electron chi connectivity index (χ2n) is 2.56. The second kappa shape index (κ2) is 2.53. The van der Waals surface area contributed by atoms with Gasteiger partial charge in [-0.05, 0) is 0 Å². The van der Waals surface area contributed by atoms with Crippen LogP contribution < -0.4 is 0 Å². The minimum atomic E-state index is -1.37. The van der Waals surface area contributed by atoms with Crippen molar-refractivity contribution in [1.29, 1.82) is 0 Å². The van der Waals surface area contributed by atoms with Crippen molar-refractivity contribution < 1.29 is 5.11 Å². The van der Waals surface area contributed by atoms with Gasteiger partial charge in [0, 0.05) is 18.0 Å². The van der Waals surface area contributed by atoms with Crippen LogP contribution in [0.5, 0.6) is 0 Å². The Kier molecular flexibility index (Phi) is 1.52. The van der Waals surface area contributed by atoms with E-state index in [1.165, 1.54) is 12.4 Å². The Morgan fingerprint density at radius 1 is 1.00 bits per heavy atom. The summed E-state index contributed by atoms with van der Waals surface area (Å²) in [4.78, 5) is 7.69. The van der Waals surface area contributed by atoms with Crippen LogP contribution in [0.1, 0.15) is 5.56 Å². The first-order chi connectivity index (χ1) is 5.81. The fourth-order valence-corrected chi connectivity index (χ4v) is 1.12. The van der Waals surface area contributed by atoms with Crippen molar-refractivity contribution in [2.45, 2.75) is 5.85 Å². The van der Waals surface area contributed by atoms with Gasteiger partial charge in [-0.1, -0.05) is 30.3 Å². The first-order valence-electron chi connectivity index (χ1n) is 3.68. The van der Waals surface area contributed by atoms with Crippen LogP contribution in [0, 0.1) is 0 Å². The van der Waals surface area contributed by atoms with Gasteiger partial charge in [0.15, 0.2) is 0 Å². The van der Waals surface area contributed by atoms with Crippen LogP contribution in [-0.4, -0.2) is 17.5 Å². The Bertz CT molecular complexity index is 318. The van der Waals surface area contributed by atoms with Crippen LogP contribution >= 0.6 is 0 Å². The van der Waals surface area contributed by atoms with Crippen LogP contribution in [0.3, 0.4) is 0 Å². The highest BCUT2D eigenvalue weighted by atomic mass is 16.3. The lowest BCUT2D eigenvalue weighted by Gasteiger charge is -2.15. The molecule has 0 aromatic heterocycles. The summed E-state index contributed by atoms with van der Waals surface area (Å²) in [6.07, 6.45) is 2.99. The molecule has 12 heavy (non-hydrogen) atoms. The fourth-order valence-electron chi connectivity index (χ4n) is 1.12. The average Bonchev–Trinajstić information content (AvgIpc) is 2.55. The standard InChI is InChI=1S/C9H8N2O/c12-9(10-6-7-11-9)8-4-2-1-3-5-8/h1-7,12H. The van der Waals surface area contributed by atoms with Crippen LogP contribution in [0.15, 0.2) is 40.3 Å². The highest BCUT2D eigenvalue weighted by Gasteiger charge is 2.27. The van der Waals surface area contributed by atoms with Crippen molar-refractivity contribution in [3.05, 3.63) is 35.9 Å². The van der Waals surface area contributed by atoms with Crippen LogP contribution in [0.25, 0.3) is 0 Å². The molecule has 1 aromatic rings. The first kappa shape index (κ1) is 7.18. The molecule has 0 unspecified atom stereocenters. The normalized spacial score (nSPS) is 18.4. The van der Waals surface area contributed by atoms with Crippen LogP contribution in [0.2, 0.25) is 0 Å². The lowest BCUT2D eigenvalue weighted by molar-refractivity contribution is 0.0609. The van der Waals surface area contributed by atoms with Gasteiger partial charge in [-0.15, -0.1) is 0 Å². The van der Waals surface area contributed by atoms with Crippen molar-refractivity contribution in [2.24, 2.45) is 9.98 Å². The van der Waals surface area contributed by atoms with E-state index in [2.05, 4.69) is 9.98 Å². The zero-order chi connectivity index (χ0) is 8.44. The quantitative estimate of drug-likeness (QED) is 0.653. The molecule has 1 heterocycles. The molecule has 1 aliphatic heterocycles. The molecule has 60 valence electrons. The number of aliphatic hydroxyl groups is 1. The maximum atomic E-state index is 9.77. The van der Waals surface area contributed by atoms with E-state index in [0.717, 1.165) is 0 Å². The van der Waals surface area contributed by atoms with Gasteiger partial charge in [-0.25, -0.2) is 9.98 Å². The first-order valence-corrected chi connectivity index (χ1v) is 3.68. The largest absolute Gasteiger partial charge is 0.348 e. The third kappa shape index (κ3) is 1.04. The third-order valence-electron chi connectivity index (χ3n) is 1.74. The molecule has 0 fully saturated rings. The summed E-state index contributed by atoms with van der Waals surface area (Å²) in [6.45, 7) is 0. The van der Waals surface area contributed by atoms with Gasteiger partial charge < -0.3 is 5.11 Å². The Labute approximate surface area is 70.1 Å². The van der Waals surface area contributed by atoms with Crippen molar-refractivity contribution >= 4 is 12.4 Å². The molecule has 0 atom stereocenters. The van der Waals surface area contributed by atoms with Gasteiger partial charge in [0.2, 0.25) is 0 Å². The molecule has 0 amide bonds. The van der Waals surface area contributed by atoms with Gasteiger partial charge in [-0.2, -0.15) is 0 Å². The highest BCUT2D eigenvalue weighted by molar-refractivity contribution is 6.17. The molecular formula is C9H8N2O. The summed E-state index contributed by atoms with van der Waals surface area (Å²) in [5, 5.41) is 9.77. The smallest absolute Gasteiger partial charge is 0.282 e. The SMILES string of the molecule is OC1(c2ccccc2)N=CC=N1. The third-order valence-corrected chi connectivity index (χ3v) is 1.74. The Morgan fingerprint density at radius 2 is 1.58 bits per heavy atom. The van der Waals surface area contributed by atoms with Gasteiger partial charge in [0.1, 0.15) is 0 Å². The minimum absolute atomic E-state index is 0.690. The number of hydrogen-bond donors (Lipinski definition) is 1. The molecule has 0 aliphatic carbocycles. The Morgan fingerprint density at radius 3 is 2.17 bits per heavy atom. The van der Waals surface area contributed by atoms with E-state index >= 15 is 0 Å². The lowest BCUT2D eigenvalue weighted by atomic mass is 10.1. The molecule has 3 nitrogen and oxygen atoms in total. The van der Waals surface area contributed by atoms with Crippen molar-refractivity contribution in [2.75, 3.05) is 0 Å². The Balaban J connectivity index is 2.43. The number of hydrogen-bond acceptors (Lipinski definition) is 3. The van der Waals surface area contributed by atoms with Crippen LogP contribution in [0.4, 0.5) is 0 Å². The van der Waals surface area contributed by atoms with E-state index in [-0.39, 0.29) is 0 Å². The van der Waals surface area contributed by atoms with E-state index in [9.17, 15) is 5.11 Å². The topological polar surface area (TPSA) is 45.0 Å². The number of aliphatic imine (C=N–C) groups is 2. The number of rotatable bonds is 1. The van der Waals surface area contributed by atoms with Gasteiger partial charge >= 0.3 is 0 Å². The van der Waals surface area contributed by atoms with E-state index in [1.54, 1.807) is 12.1 Å². The second-order valence-corrected chi connectivity index (χ2v) is 2.56. The maximum Gasteiger partial charge on any atom is 0.282 e. The maximum absolute atomic E-state index is 9.77. The van der Waals surface area contributed by atoms with Gasteiger partial charge in [0.05, 0.1) is 0 Å². The summed E-state index contributed by atoms with van der Waals surface area (Å²) in [5.41, 5.74) is 0.690. The molecule has 3 heteroatoms. The van der Waals surface area contributed by atoms with E-state index in [4.69, 9.17) is 0 Å². The predicted octanol–water partition coefficient (Wildman–Crippen LogP) is 0.944. The average molecular weight is 160 g/mol. The summed E-state index contributed by atoms with van der Waals surface area (Å²) in [5.74, 6) is -1.37.